The van der Waals surface area contributed by atoms with Gasteiger partial charge in [-0.3, -0.25) is 0 Å². The predicted molar refractivity (Wildman–Crippen MR) is 51.8 cm³/mol. The average molecular weight is 246 g/mol. The van der Waals surface area contributed by atoms with Gasteiger partial charge in [-0.2, -0.15) is 4.73 Å². The van der Waals surface area contributed by atoms with E-state index in [2.05, 4.69) is 15.9 Å². The lowest BCUT2D eigenvalue weighted by Gasteiger charge is -1.97. The highest BCUT2D eigenvalue weighted by atomic mass is 79.9. The molecule has 2 aromatic rings. The fourth-order valence-electron chi connectivity index (χ4n) is 1.11. The second kappa shape index (κ2) is 2.68. The molecule has 2 rings (SSSR count). The molecule has 0 amide bonds. The summed E-state index contributed by atoms with van der Waals surface area (Å²) in [5.41, 5.74) is 0.711. The molecule has 62 valence electrons. The van der Waals surface area contributed by atoms with Crippen molar-refractivity contribution < 1.29 is 5.21 Å². The Morgan fingerprint density at radius 3 is 2.92 bits per heavy atom. The zero-order valence-electron chi connectivity index (χ0n) is 5.96. The van der Waals surface area contributed by atoms with Gasteiger partial charge in [-0.1, -0.05) is 11.6 Å². The Kier molecular flexibility index (Phi) is 1.77. The smallest absolute Gasteiger partial charge is 0.0881 e. The second-order valence-electron chi connectivity index (χ2n) is 2.49. The van der Waals surface area contributed by atoms with Crippen molar-refractivity contribution in [3.8, 4) is 0 Å². The Hall–Kier alpha value is -0.670. The van der Waals surface area contributed by atoms with Crippen LogP contribution >= 0.6 is 27.5 Å². The highest BCUT2D eigenvalue weighted by Gasteiger charge is 2.03. The van der Waals surface area contributed by atoms with E-state index in [9.17, 15) is 5.21 Å². The van der Waals surface area contributed by atoms with Gasteiger partial charge in [-0.05, 0) is 34.1 Å². The van der Waals surface area contributed by atoms with E-state index in [4.69, 9.17) is 11.6 Å². The Bertz CT molecular complexity index is 438. The molecule has 0 bridgehead atoms. The summed E-state index contributed by atoms with van der Waals surface area (Å²) in [6, 6.07) is 5.39. The third-order valence-electron chi connectivity index (χ3n) is 1.71. The van der Waals surface area contributed by atoms with Gasteiger partial charge in [-0.25, -0.2) is 0 Å². The molecule has 0 atom stereocenters. The van der Waals surface area contributed by atoms with Crippen LogP contribution in [-0.2, 0) is 0 Å². The standard InChI is InChI=1S/C8H5BrClNO/c9-6-3-5-1-2-11(12)8(5)4-7(6)10/h1-4,12H. The molecular weight excluding hydrogens is 241 g/mol. The van der Waals surface area contributed by atoms with E-state index in [1.54, 1.807) is 12.3 Å². The van der Waals surface area contributed by atoms with E-state index in [0.29, 0.717) is 10.5 Å². The van der Waals surface area contributed by atoms with Crippen LogP contribution in [0.4, 0.5) is 0 Å². The number of benzene rings is 1. The number of nitrogens with zero attached hydrogens (tertiary/aromatic N) is 1. The lowest BCUT2D eigenvalue weighted by atomic mass is 10.2. The molecule has 0 fully saturated rings. The highest BCUT2D eigenvalue weighted by molar-refractivity contribution is 9.10. The van der Waals surface area contributed by atoms with Crippen LogP contribution in [0.1, 0.15) is 0 Å². The van der Waals surface area contributed by atoms with Crippen molar-refractivity contribution in [1.29, 1.82) is 0 Å². The molecule has 4 heteroatoms. The first-order valence-electron chi connectivity index (χ1n) is 3.34. The Balaban J connectivity index is 2.87. The molecule has 0 aliphatic carbocycles. The van der Waals surface area contributed by atoms with E-state index in [0.717, 1.165) is 14.6 Å². The maximum Gasteiger partial charge on any atom is 0.0881 e. The summed E-state index contributed by atoms with van der Waals surface area (Å²) in [6.07, 6.45) is 1.58. The predicted octanol–water partition coefficient (Wildman–Crippen LogP) is 3.29. The number of halogens is 2. The van der Waals surface area contributed by atoms with Gasteiger partial charge in [0, 0.05) is 16.1 Å². The van der Waals surface area contributed by atoms with Gasteiger partial charge < -0.3 is 5.21 Å². The molecule has 0 saturated heterocycles. The highest BCUT2D eigenvalue weighted by Crippen LogP contribution is 2.28. The van der Waals surface area contributed by atoms with Crippen LogP contribution < -0.4 is 0 Å². The van der Waals surface area contributed by atoms with E-state index in [1.165, 1.54) is 0 Å². The Labute approximate surface area is 82.5 Å². The number of aromatic nitrogens is 1. The van der Waals surface area contributed by atoms with Gasteiger partial charge in [0.1, 0.15) is 0 Å². The van der Waals surface area contributed by atoms with Crippen molar-refractivity contribution >= 4 is 38.4 Å². The third-order valence-corrected chi connectivity index (χ3v) is 2.91. The first-order valence-corrected chi connectivity index (χ1v) is 4.51. The van der Waals surface area contributed by atoms with Crippen molar-refractivity contribution in [2.45, 2.75) is 0 Å². The summed E-state index contributed by atoms with van der Waals surface area (Å²) >= 11 is 9.15. The van der Waals surface area contributed by atoms with Crippen LogP contribution in [0.2, 0.25) is 5.02 Å². The molecule has 0 unspecified atom stereocenters. The van der Waals surface area contributed by atoms with Gasteiger partial charge in [0.2, 0.25) is 0 Å². The molecule has 0 spiro atoms. The van der Waals surface area contributed by atoms with E-state index < -0.39 is 0 Å². The van der Waals surface area contributed by atoms with E-state index in [-0.39, 0.29) is 0 Å². The van der Waals surface area contributed by atoms with Gasteiger partial charge in [0.05, 0.1) is 10.5 Å². The molecule has 1 aromatic heterocycles. The van der Waals surface area contributed by atoms with Crippen LogP contribution in [0.15, 0.2) is 28.9 Å². The maximum atomic E-state index is 9.27. The second-order valence-corrected chi connectivity index (χ2v) is 3.75. The fraction of sp³-hybridized carbons (Fsp3) is 0. The average Bonchev–Trinajstić information content (AvgIpc) is 2.35. The molecule has 0 aliphatic rings. The molecule has 1 N–H and O–H groups in total. The summed E-state index contributed by atoms with van der Waals surface area (Å²) in [7, 11) is 0. The van der Waals surface area contributed by atoms with Gasteiger partial charge in [0.15, 0.2) is 0 Å². The fourth-order valence-corrected chi connectivity index (χ4v) is 1.63. The zero-order chi connectivity index (χ0) is 8.72. The van der Waals surface area contributed by atoms with Crippen LogP contribution in [0.5, 0.6) is 0 Å². The van der Waals surface area contributed by atoms with Crippen LogP contribution in [0.3, 0.4) is 0 Å². The number of rotatable bonds is 0. The summed E-state index contributed by atoms with van der Waals surface area (Å²) in [5, 5.41) is 10.8. The SMILES string of the molecule is On1ccc2cc(Br)c(Cl)cc21. The molecule has 2 nitrogen and oxygen atoms in total. The van der Waals surface area contributed by atoms with Gasteiger partial charge in [-0.15, -0.1) is 0 Å². The largest absolute Gasteiger partial charge is 0.428 e. The molecule has 0 aliphatic heterocycles. The normalized spacial score (nSPS) is 10.8. The van der Waals surface area contributed by atoms with Crippen LogP contribution in [0.25, 0.3) is 10.9 Å². The molecular formula is C8H5BrClNO. The number of hydrogen-bond donors (Lipinski definition) is 1. The minimum atomic E-state index is 0.594. The summed E-state index contributed by atoms with van der Waals surface area (Å²) in [4.78, 5) is 0. The van der Waals surface area contributed by atoms with Crippen molar-refractivity contribution in [3.63, 3.8) is 0 Å². The van der Waals surface area contributed by atoms with Gasteiger partial charge >= 0.3 is 0 Å². The summed E-state index contributed by atoms with van der Waals surface area (Å²) in [6.45, 7) is 0. The Morgan fingerprint density at radius 1 is 1.42 bits per heavy atom. The van der Waals surface area contributed by atoms with Crippen LogP contribution in [0, 0.1) is 0 Å². The summed E-state index contributed by atoms with van der Waals surface area (Å²) in [5.74, 6) is 0. The first kappa shape index (κ1) is 7.95. The number of fused-ring (bicyclic) bond motifs is 1. The topological polar surface area (TPSA) is 25.2 Å². The van der Waals surface area contributed by atoms with E-state index in [1.807, 2.05) is 12.1 Å². The minimum absolute atomic E-state index is 0.594. The zero-order valence-corrected chi connectivity index (χ0v) is 8.30. The molecule has 12 heavy (non-hydrogen) atoms. The first-order chi connectivity index (χ1) is 5.68. The molecule has 0 radical (unpaired) electrons. The van der Waals surface area contributed by atoms with Crippen molar-refractivity contribution in [1.82, 2.24) is 4.73 Å². The van der Waals surface area contributed by atoms with Gasteiger partial charge in [0.25, 0.3) is 0 Å². The monoisotopic (exact) mass is 245 g/mol. The van der Waals surface area contributed by atoms with Crippen molar-refractivity contribution in [3.05, 3.63) is 33.9 Å². The quantitative estimate of drug-likeness (QED) is 0.709. The van der Waals surface area contributed by atoms with Crippen molar-refractivity contribution in [2.75, 3.05) is 0 Å². The van der Waals surface area contributed by atoms with Crippen LogP contribution in [-0.4, -0.2) is 9.94 Å². The lowest BCUT2D eigenvalue weighted by molar-refractivity contribution is 0.200. The number of hydrogen-bond acceptors (Lipinski definition) is 1. The molecule has 1 aromatic carbocycles. The van der Waals surface area contributed by atoms with E-state index >= 15 is 0 Å². The third kappa shape index (κ3) is 1.09. The molecule has 1 heterocycles. The lowest BCUT2D eigenvalue weighted by Crippen LogP contribution is -1.85. The molecule has 0 saturated carbocycles. The van der Waals surface area contributed by atoms with Crippen molar-refractivity contribution in [2.24, 2.45) is 0 Å². The minimum Gasteiger partial charge on any atom is -0.428 e. The Morgan fingerprint density at radius 2 is 2.17 bits per heavy atom. The maximum absolute atomic E-state index is 9.27. The summed E-state index contributed by atoms with van der Waals surface area (Å²) < 4.78 is 1.89.